The normalized spacial score (nSPS) is 53.6. The van der Waals surface area contributed by atoms with Gasteiger partial charge in [-0.3, -0.25) is 14.4 Å². The summed E-state index contributed by atoms with van der Waals surface area (Å²) in [6.07, 6.45) is 29.1. The Kier molecular flexibility index (Phi) is 18.8. The first-order valence-electron chi connectivity index (χ1n) is 41.1. The van der Waals surface area contributed by atoms with Crippen LogP contribution in [0.25, 0.3) is 0 Å². The predicted molar refractivity (Wildman–Crippen MR) is 397 cm³/mol. The molecule has 103 heavy (non-hydrogen) atoms. The van der Waals surface area contributed by atoms with Gasteiger partial charge in [0, 0.05) is 51.9 Å². The van der Waals surface area contributed by atoms with Gasteiger partial charge in [-0.2, -0.15) is 0 Å². The summed E-state index contributed by atoms with van der Waals surface area (Å²) in [5, 5.41) is 68.9. The zero-order valence-electron chi connectivity index (χ0n) is 67.8. The van der Waals surface area contributed by atoms with Crippen LogP contribution in [0.4, 0.5) is 0 Å². The Morgan fingerprint density at radius 1 is 0.320 bits per heavy atom. The topological polar surface area (TPSA) is 232 Å². The Bertz CT molecular complexity index is 3270. The summed E-state index contributed by atoms with van der Waals surface area (Å²) >= 11 is 0. The van der Waals surface area contributed by atoms with Crippen LogP contribution in [0.1, 0.15) is 319 Å². The third kappa shape index (κ3) is 10.6. The van der Waals surface area contributed by atoms with E-state index in [4.69, 9.17) is 0 Å². The minimum absolute atomic E-state index is 0. The fraction of sp³-hybridized carbons (Fsp3) is 0.867. The summed E-state index contributed by atoms with van der Waals surface area (Å²) in [5.74, 6) is -0.798. The number of carbonyl (C=O) groups excluding carboxylic acids is 6. The van der Waals surface area contributed by atoms with E-state index < -0.39 is 34.2 Å². The molecule has 15 rings (SSSR count). The standard InChI is InChI=1S/3C30H46O4.Al/c3*1-25(2)21-8-11-30(7)23(28(21,5)10-9-22(25)32)20(31)16-18-19-17-27(4,24(33)34)13-12-26(19,3)14-15-29(18,30)6;/h3*16,19,21-23,32H,8-15,17H2,1-7H3,(H,33,34);/q;;;+3/p-3/t3*19-,21-,22-,23+,26+,27+,28-,29+,30+;/m000./s1. The molecule has 570 valence electrons. The van der Waals surface area contributed by atoms with E-state index in [1.165, 1.54) is 16.7 Å². The van der Waals surface area contributed by atoms with E-state index in [1.54, 1.807) is 0 Å². The SMILES string of the molecule is CC1(C)[C@@H](O)CC[C@]2(C)[C@H]3C(=O)C=C4[C@@H]5C[C@](C)(C(=O)[O-])CC[C@]5(C)CC[C@@]4(C)[C@]3(C)CC[C@@H]12.CC1(C)[C@@H](O)CC[C@]2(C)[C@H]3C(=O)C=C4[C@@H]5C[C@](C)(C(=O)[O-])CC[C@]5(C)CC[C@@]4(C)[C@]3(C)CC[C@@H]12.CC1(C)[C@@H](O)CC[C@]2(C)[C@H]3C(=O)C=C4[C@@H]5C[C@](C)(C(=O)[O-])CC[C@]5(C)CC[C@@]4(C)[C@]3(C)CC[C@@H]12.[Al+3]. The van der Waals surface area contributed by atoms with E-state index >= 15 is 0 Å². The predicted octanol–water partition coefficient (Wildman–Crippen LogP) is 14.9. The van der Waals surface area contributed by atoms with Crippen molar-refractivity contribution in [1.82, 2.24) is 0 Å². The van der Waals surface area contributed by atoms with Gasteiger partial charge in [-0.05, 0) is 308 Å². The van der Waals surface area contributed by atoms with Crippen molar-refractivity contribution in [3.05, 3.63) is 34.9 Å². The first kappa shape index (κ1) is 79.6. The van der Waals surface area contributed by atoms with Gasteiger partial charge in [0.05, 0.1) is 18.3 Å². The van der Waals surface area contributed by atoms with Crippen molar-refractivity contribution in [2.24, 2.45) is 151 Å². The van der Waals surface area contributed by atoms with Gasteiger partial charge in [0.1, 0.15) is 0 Å². The van der Waals surface area contributed by atoms with E-state index in [1.807, 2.05) is 39.0 Å². The van der Waals surface area contributed by atoms with E-state index in [-0.39, 0.29) is 170 Å². The van der Waals surface area contributed by atoms with Crippen LogP contribution in [0.2, 0.25) is 0 Å². The second-order valence-corrected chi connectivity index (χ2v) is 44.7. The molecule has 0 spiro atoms. The number of aliphatic hydroxyl groups excluding tert-OH is 3. The molecule has 0 aliphatic heterocycles. The number of aliphatic hydroxyl groups is 3. The average molecular weight is 1440 g/mol. The number of ketones is 3. The molecule has 12 saturated carbocycles. The second-order valence-electron chi connectivity index (χ2n) is 44.7. The maximum absolute atomic E-state index is 14.2. The minimum Gasteiger partial charge on any atom is -0.550 e. The molecule has 0 aromatic heterocycles. The molecule has 13 heteroatoms. The van der Waals surface area contributed by atoms with E-state index in [9.17, 15) is 59.4 Å². The molecule has 0 unspecified atom stereocenters. The molecule has 0 aromatic carbocycles. The average Bonchev–Trinajstić information content (AvgIpc) is 0.683. The number of carboxylic acids is 3. The van der Waals surface area contributed by atoms with Gasteiger partial charge in [-0.1, -0.05) is 162 Å². The fourth-order valence-electron chi connectivity index (χ4n) is 31.1. The first-order valence-corrected chi connectivity index (χ1v) is 41.1. The van der Waals surface area contributed by atoms with Gasteiger partial charge in [0.2, 0.25) is 0 Å². The number of fused-ring (bicyclic) bond motifs is 21. The van der Waals surface area contributed by atoms with Gasteiger partial charge < -0.3 is 45.0 Å². The van der Waals surface area contributed by atoms with Gasteiger partial charge in [0.25, 0.3) is 0 Å². The number of carboxylic acid groups (broad SMARTS) is 3. The Morgan fingerprint density at radius 3 is 0.748 bits per heavy atom. The second kappa shape index (κ2) is 24.3. The molecular formula is C90H135AlO12. The quantitative estimate of drug-likeness (QED) is 0.224. The van der Waals surface area contributed by atoms with E-state index in [0.717, 1.165) is 135 Å². The molecule has 12 nitrogen and oxygen atoms in total. The van der Waals surface area contributed by atoms with Crippen LogP contribution < -0.4 is 15.3 Å². The molecule has 0 radical (unpaired) electrons. The van der Waals surface area contributed by atoms with E-state index in [2.05, 4.69) is 125 Å². The number of rotatable bonds is 3. The molecular weight excluding hydrogens is 1300 g/mol. The van der Waals surface area contributed by atoms with E-state index in [0.29, 0.717) is 56.3 Å². The van der Waals surface area contributed by atoms with Crippen molar-refractivity contribution in [1.29, 1.82) is 0 Å². The number of carbonyl (C=O) groups is 6. The Morgan fingerprint density at radius 2 is 0.534 bits per heavy atom. The number of hydrogen-bond acceptors (Lipinski definition) is 12. The molecule has 3 N–H and O–H groups in total. The third-order valence-electron chi connectivity index (χ3n) is 39.1. The van der Waals surface area contributed by atoms with Crippen LogP contribution in [0.15, 0.2) is 34.9 Å². The van der Waals surface area contributed by atoms with Crippen LogP contribution in [-0.2, 0) is 28.8 Å². The fourth-order valence-corrected chi connectivity index (χ4v) is 31.1. The molecule has 15 aliphatic rings. The zero-order chi connectivity index (χ0) is 75.3. The number of allylic oxidation sites excluding steroid dienone is 6. The molecule has 0 amide bonds. The summed E-state index contributed by atoms with van der Waals surface area (Å²) in [6, 6.07) is 0. The van der Waals surface area contributed by atoms with Crippen molar-refractivity contribution < 1.29 is 59.4 Å². The Labute approximate surface area is 631 Å². The summed E-state index contributed by atoms with van der Waals surface area (Å²) in [6.45, 7) is 47.1. The summed E-state index contributed by atoms with van der Waals surface area (Å²) < 4.78 is 0. The summed E-state index contributed by atoms with van der Waals surface area (Å²) in [5.41, 5.74) is -0.234. The third-order valence-corrected chi connectivity index (χ3v) is 39.1. The Balaban J connectivity index is 0.000000145. The van der Waals surface area contributed by atoms with Crippen molar-refractivity contribution >= 4 is 52.6 Å². The summed E-state index contributed by atoms with van der Waals surface area (Å²) in [7, 11) is 0. The first-order chi connectivity index (χ1) is 46.7. The minimum atomic E-state index is -0.940. The maximum atomic E-state index is 14.2. The van der Waals surface area contributed by atoms with Crippen LogP contribution in [0, 0.1) is 151 Å². The molecule has 15 aliphatic carbocycles. The van der Waals surface area contributed by atoms with Crippen LogP contribution >= 0.6 is 0 Å². The van der Waals surface area contributed by atoms with Crippen molar-refractivity contribution in [2.75, 3.05) is 0 Å². The van der Waals surface area contributed by atoms with Gasteiger partial charge in [-0.25, -0.2) is 0 Å². The zero-order valence-corrected chi connectivity index (χ0v) is 69.0. The molecule has 27 atom stereocenters. The van der Waals surface area contributed by atoms with Gasteiger partial charge in [0.15, 0.2) is 17.3 Å². The van der Waals surface area contributed by atoms with Crippen molar-refractivity contribution in [3.63, 3.8) is 0 Å². The van der Waals surface area contributed by atoms with Crippen LogP contribution in [0.5, 0.6) is 0 Å². The van der Waals surface area contributed by atoms with Crippen molar-refractivity contribution in [3.8, 4) is 0 Å². The van der Waals surface area contributed by atoms with Gasteiger partial charge in [-0.15, -0.1) is 0 Å². The largest absolute Gasteiger partial charge is 3.00 e. The number of hydrogen-bond donors (Lipinski definition) is 3. The monoisotopic (exact) mass is 1430 g/mol. The molecule has 0 heterocycles. The van der Waals surface area contributed by atoms with Gasteiger partial charge >= 0.3 is 17.4 Å². The Hall–Kier alpha value is -2.95. The molecule has 0 saturated heterocycles. The molecule has 12 fully saturated rings. The maximum Gasteiger partial charge on any atom is 3.00 e. The van der Waals surface area contributed by atoms with Crippen molar-refractivity contribution in [2.45, 2.75) is 337 Å². The van der Waals surface area contributed by atoms with Crippen LogP contribution in [-0.4, -0.2) is 86.3 Å². The van der Waals surface area contributed by atoms with Crippen LogP contribution in [0.3, 0.4) is 0 Å². The molecule has 0 bridgehead atoms. The molecule has 0 aromatic rings. The summed E-state index contributed by atoms with van der Waals surface area (Å²) in [4.78, 5) is 78.9. The number of aliphatic carboxylic acids is 3. The smallest absolute Gasteiger partial charge is 0.550 e.